The molecule has 0 aliphatic heterocycles. The van der Waals surface area contributed by atoms with Gasteiger partial charge in [0.1, 0.15) is 0 Å². The third-order valence-electron chi connectivity index (χ3n) is 1.78. The lowest BCUT2D eigenvalue weighted by Crippen LogP contribution is -1.93. The molecule has 0 radical (unpaired) electrons. The Morgan fingerprint density at radius 2 is 2.58 bits per heavy atom. The molecule has 0 aliphatic rings. The Morgan fingerprint density at radius 3 is 3.08 bits per heavy atom. The van der Waals surface area contributed by atoms with Crippen molar-refractivity contribution in [1.82, 2.24) is 0 Å². The minimum absolute atomic E-state index is 0.229. The highest BCUT2D eigenvalue weighted by atomic mass is 32.1. The van der Waals surface area contributed by atoms with Gasteiger partial charge in [-0.1, -0.05) is 18.1 Å². The second-order valence-electron chi connectivity index (χ2n) is 2.63. The number of aryl methyl sites for hydroxylation is 1. The van der Waals surface area contributed by atoms with E-state index in [4.69, 9.17) is 6.42 Å². The lowest BCUT2D eigenvalue weighted by atomic mass is 10.0. The van der Waals surface area contributed by atoms with E-state index in [0.29, 0.717) is 0 Å². The summed E-state index contributed by atoms with van der Waals surface area (Å²) in [6, 6.07) is 4.21. The molecule has 0 N–H and O–H groups in total. The van der Waals surface area contributed by atoms with Gasteiger partial charge in [-0.2, -0.15) is 0 Å². The van der Waals surface area contributed by atoms with Gasteiger partial charge in [-0.3, -0.25) is 0 Å². The van der Waals surface area contributed by atoms with Crippen molar-refractivity contribution in [3.63, 3.8) is 0 Å². The van der Waals surface area contributed by atoms with E-state index in [1.165, 1.54) is 4.88 Å². The first-order valence-electron chi connectivity index (χ1n) is 3.98. The summed E-state index contributed by atoms with van der Waals surface area (Å²) >= 11 is 1.78. The Hall–Kier alpha value is -1.00. The second kappa shape index (κ2) is 4.79. The molecule has 0 nitrogen and oxygen atoms in total. The van der Waals surface area contributed by atoms with Gasteiger partial charge >= 0.3 is 0 Å². The Morgan fingerprint density at radius 1 is 1.75 bits per heavy atom. The van der Waals surface area contributed by atoms with Crippen molar-refractivity contribution in [2.45, 2.75) is 12.8 Å². The summed E-state index contributed by atoms with van der Waals surface area (Å²) in [4.78, 5) is 1.40. The average Bonchev–Trinajstić information content (AvgIpc) is 2.59. The van der Waals surface area contributed by atoms with E-state index in [1.807, 2.05) is 6.08 Å². The van der Waals surface area contributed by atoms with E-state index in [2.05, 4.69) is 30.0 Å². The standard InChI is InChI=1S/C11H12S/c1-3-10(4-2)7-8-11-6-5-9-12-11/h1,4-6,9-10H,2,7-8H2. The molecule has 0 amide bonds. The normalized spacial score (nSPS) is 11.9. The molecule has 1 heterocycles. The van der Waals surface area contributed by atoms with Crippen molar-refractivity contribution in [2.75, 3.05) is 0 Å². The van der Waals surface area contributed by atoms with Gasteiger partial charge in [0, 0.05) is 10.8 Å². The number of hydrogen-bond acceptors (Lipinski definition) is 1. The molecule has 0 aliphatic carbocycles. The van der Waals surface area contributed by atoms with Crippen molar-refractivity contribution in [1.29, 1.82) is 0 Å². The van der Waals surface area contributed by atoms with Gasteiger partial charge in [-0.15, -0.1) is 24.3 Å². The van der Waals surface area contributed by atoms with Crippen molar-refractivity contribution in [3.05, 3.63) is 35.0 Å². The summed E-state index contributed by atoms with van der Waals surface area (Å²) in [5, 5.41) is 2.09. The quantitative estimate of drug-likeness (QED) is 0.488. The highest BCUT2D eigenvalue weighted by Crippen LogP contribution is 2.14. The molecule has 62 valence electrons. The van der Waals surface area contributed by atoms with E-state index in [-0.39, 0.29) is 5.92 Å². The van der Waals surface area contributed by atoms with Gasteiger partial charge < -0.3 is 0 Å². The topological polar surface area (TPSA) is 0 Å². The zero-order valence-electron chi connectivity index (χ0n) is 6.99. The molecule has 0 saturated heterocycles. The average molecular weight is 176 g/mol. The minimum atomic E-state index is 0.229. The van der Waals surface area contributed by atoms with Gasteiger partial charge in [0.05, 0.1) is 0 Å². The molecule has 0 saturated carbocycles. The van der Waals surface area contributed by atoms with E-state index in [1.54, 1.807) is 11.3 Å². The maximum absolute atomic E-state index is 5.30. The van der Waals surface area contributed by atoms with Crippen LogP contribution >= 0.6 is 11.3 Å². The zero-order valence-corrected chi connectivity index (χ0v) is 7.81. The van der Waals surface area contributed by atoms with Crippen LogP contribution in [0.2, 0.25) is 0 Å². The van der Waals surface area contributed by atoms with Gasteiger partial charge in [-0.25, -0.2) is 0 Å². The molecule has 0 fully saturated rings. The summed E-state index contributed by atoms with van der Waals surface area (Å²) in [5.74, 6) is 2.93. The first-order chi connectivity index (χ1) is 5.86. The second-order valence-corrected chi connectivity index (χ2v) is 3.66. The third-order valence-corrected chi connectivity index (χ3v) is 2.72. The summed E-state index contributed by atoms with van der Waals surface area (Å²) in [5.41, 5.74) is 0. The number of thiophene rings is 1. The highest BCUT2D eigenvalue weighted by Gasteiger charge is 2.00. The molecular formula is C11H12S. The molecule has 1 aromatic heterocycles. The lowest BCUT2D eigenvalue weighted by molar-refractivity contribution is 0.737. The van der Waals surface area contributed by atoms with Crippen LogP contribution in [0.25, 0.3) is 0 Å². The van der Waals surface area contributed by atoms with Crippen LogP contribution in [0.4, 0.5) is 0 Å². The van der Waals surface area contributed by atoms with E-state index in [9.17, 15) is 0 Å². The first-order valence-corrected chi connectivity index (χ1v) is 4.86. The SMILES string of the molecule is C#CC(C=C)CCc1cccs1. The maximum Gasteiger partial charge on any atom is 0.0380 e. The van der Waals surface area contributed by atoms with Crippen molar-refractivity contribution in [2.24, 2.45) is 5.92 Å². The van der Waals surface area contributed by atoms with Crippen LogP contribution in [-0.4, -0.2) is 0 Å². The highest BCUT2D eigenvalue weighted by molar-refractivity contribution is 7.09. The Balaban J connectivity index is 2.36. The fourth-order valence-corrected chi connectivity index (χ4v) is 1.75. The minimum Gasteiger partial charge on any atom is -0.149 e. The van der Waals surface area contributed by atoms with Crippen LogP contribution in [0.1, 0.15) is 11.3 Å². The van der Waals surface area contributed by atoms with Gasteiger partial charge in [0.2, 0.25) is 0 Å². The predicted octanol–water partition coefficient (Wildman–Crippen LogP) is 3.12. The van der Waals surface area contributed by atoms with Crippen LogP contribution in [0.3, 0.4) is 0 Å². The van der Waals surface area contributed by atoms with E-state index < -0.39 is 0 Å². The maximum atomic E-state index is 5.30. The van der Waals surface area contributed by atoms with Gasteiger partial charge in [0.15, 0.2) is 0 Å². The molecule has 1 atom stereocenters. The van der Waals surface area contributed by atoms with Crippen LogP contribution in [-0.2, 0) is 6.42 Å². The summed E-state index contributed by atoms with van der Waals surface area (Å²) in [6.45, 7) is 3.69. The fourth-order valence-electron chi connectivity index (χ4n) is 1.02. The summed E-state index contributed by atoms with van der Waals surface area (Å²) in [6.07, 6.45) is 9.23. The Bertz CT molecular complexity index is 264. The molecule has 0 aromatic carbocycles. The molecular weight excluding hydrogens is 164 g/mol. The van der Waals surface area contributed by atoms with Crippen molar-refractivity contribution < 1.29 is 0 Å². The Kier molecular flexibility index (Phi) is 3.63. The largest absolute Gasteiger partial charge is 0.149 e. The van der Waals surface area contributed by atoms with Gasteiger partial charge in [-0.05, 0) is 24.3 Å². The first kappa shape index (κ1) is 9.09. The molecule has 1 aromatic rings. The number of rotatable bonds is 4. The van der Waals surface area contributed by atoms with Crippen molar-refractivity contribution in [3.8, 4) is 12.3 Å². The molecule has 0 bridgehead atoms. The van der Waals surface area contributed by atoms with E-state index in [0.717, 1.165) is 12.8 Å². The molecule has 1 unspecified atom stereocenters. The van der Waals surface area contributed by atoms with E-state index >= 15 is 0 Å². The monoisotopic (exact) mass is 176 g/mol. The Labute approximate surface area is 77.9 Å². The molecule has 1 rings (SSSR count). The fraction of sp³-hybridized carbons (Fsp3) is 0.273. The third kappa shape index (κ3) is 2.56. The van der Waals surface area contributed by atoms with Crippen LogP contribution in [0.5, 0.6) is 0 Å². The van der Waals surface area contributed by atoms with Crippen molar-refractivity contribution >= 4 is 11.3 Å². The number of allylic oxidation sites excluding steroid dienone is 1. The van der Waals surface area contributed by atoms with Crippen LogP contribution in [0.15, 0.2) is 30.2 Å². The molecule has 12 heavy (non-hydrogen) atoms. The number of terminal acetylenes is 1. The summed E-state index contributed by atoms with van der Waals surface area (Å²) in [7, 11) is 0. The lowest BCUT2D eigenvalue weighted by Gasteiger charge is -2.01. The molecule has 1 heteroatoms. The number of hydrogen-bond donors (Lipinski definition) is 0. The molecule has 0 spiro atoms. The predicted molar refractivity (Wildman–Crippen MR) is 55.2 cm³/mol. The summed E-state index contributed by atoms with van der Waals surface area (Å²) < 4.78 is 0. The smallest absolute Gasteiger partial charge is 0.0380 e. The van der Waals surface area contributed by atoms with Crippen LogP contribution < -0.4 is 0 Å². The van der Waals surface area contributed by atoms with Crippen LogP contribution in [0, 0.1) is 18.3 Å². The van der Waals surface area contributed by atoms with Gasteiger partial charge in [0.25, 0.3) is 0 Å². The zero-order chi connectivity index (χ0) is 8.81.